The predicted molar refractivity (Wildman–Crippen MR) is 63.7 cm³/mol. The smallest absolute Gasteiger partial charge is 0.424 e. The highest BCUT2D eigenvalue weighted by Crippen LogP contribution is 2.27. The number of ether oxygens (including phenoxy) is 2. The van der Waals surface area contributed by atoms with Crippen LogP contribution >= 0.6 is 0 Å². The molecule has 1 aromatic carbocycles. The largest absolute Gasteiger partial charge is 0.573 e. The van der Waals surface area contributed by atoms with Crippen molar-refractivity contribution in [2.75, 3.05) is 0 Å². The van der Waals surface area contributed by atoms with E-state index in [1.165, 1.54) is 12.1 Å². The number of benzene rings is 1. The average Bonchev–Trinajstić information content (AvgIpc) is 2.37. The first-order valence-corrected chi connectivity index (χ1v) is 5.49. The second-order valence-electron chi connectivity index (χ2n) is 3.74. The quantitative estimate of drug-likeness (QED) is 0.935. The Bertz CT molecular complexity index is 644. The molecule has 1 aromatic heterocycles. The van der Waals surface area contributed by atoms with Gasteiger partial charge in [-0.25, -0.2) is 9.97 Å². The number of primary amides is 1. The molecule has 110 valence electrons. The molecule has 6 nitrogen and oxygen atoms in total. The van der Waals surface area contributed by atoms with Crippen LogP contribution < -0.4 is 15.2 Å². The van der Waals surface area contributed by atoms with E-state index in [0.717, 1.165) is 24.5 Å². The maximum absolute atomic E-state index is 12.1. The average molecular weight is 299 g/mol. The van der Waals surface area contributed by atoms with Gasteiger partial charge in [0.25, 0.3) is 5.91 Å². The lowest BCUT2D eigenvalue weighted by Gasteiger charge is -2.10. The number of nitrogens with two attached hydrogens (primary N) is 1. The van der Waals surface area contributed by atoms with E-state index in [2.05, 4.69) is 14.7 Å². The zero-order chi connectivity index (χ0) is 15.5. The molecule has 0 saturated carbocycles. The number of nitrogens with zero attached hydrogens (tertiary/aromatic N) is 2. The minimum atomic E-state index is -4.79. The predicted octanol–water partition coefficient (Wildman–Crippen LogP) is 2.27. The maximum Gasteiger partial charge on any atom is 0.573 e. The van der Waals surface area contributed by atoms with Crippen molar-refractivity contribution in [1.82, 2.24) is 9.97 Å². The van der Waals surface area contributed by atoms with Crippen molar-refractivity contribution in [3.63, 3.8) is 0 Å². The molecule has 2 aromatic rings. The third-order valence-electron chi connectivity index (χ3n) is 2.16. The van der Waals surface area contributed by atoms with Crippen LogP contribution in [0.5, 0.6) is 17.5 Å². The number of rotatable bonds is 4. The Kier molecular flexibility index (Phi) is 3.92. The van der Waals surface area contributed by atoms with E-state index in [1.54, 1.807) is 0 Å². The monoisotopic (exact) mass is 299 g/mol. The lowest BCUT2D eigenvalue weighted by atomic mass is 10.3. The molecule has 1 heterocycles. The Morgan fingerprint density at radius 3 is 2.33 bits per heavy atom. The topological polar surface area (TPSA) is 87.3 Å². The Balaban J connectivity index is 2.12. The molecule has 0 fully saturated rings. The molecule has 0 bridgehead atoms. The van der Waals surface area contributed by atoms with E-state index in [-0.39, 0.29) is 17.3 Å². The fourth-order valence-corrected chi connectivity index (χ4v) is 1.34. The van der Waals surface area contributed by atoms with Crippen LogP contribution in [0.1, 0.15) is 10.4 Å². The van der Waals surface area contributed by atoms with E-state index in [9.17, 15) is 18.0 Å². The van der Waals surface area contributed by atoms with E-state index in [4.69, 9.17) is 10.5 Å². The molecule has 0 aliphatic heterocycles. The van der Waals surface area contributed by atoms with Crippen LogP contribution in [0.2, 0.25) is 0 Å². The number of alkyl halides is 3. The van der Waals surface area contributed by atoms with E-state index in [1.807, 2.05) is 0 Å². The molecule has 1 amide bonds. The first-order valence-electron chi connectivity index (χ1n) is 5.49. The van der Waals surface area contributed by atoms with Crippen LogP contribution in [0.25, 0.3) is 0 Å². The molecule has 0 atom stereocenters. The fourth-order valence-electron chi connectivity index (χ4n) is 1.34. The molecule has 0 saturated heterocycles. The molecule has 2 rings (SSSR count). The lowest BCUT2D eigenvalue weighted by molar-refractivity contribution is -0.274. The van der Waals surface area contributed by atoms with Gasteiger partial charge in [-0.05, 0) is 12.1 Å². The van der Waals surface area contributed by atoms with Crippen molar-refractivity contribution in [2.24, 2.45) is 5.73 Å². The summed E-state index contributed by atoms with van der Waals surface area (Å²) in [5.74, 6) is -1.10. The molecule has 9 heteroatoms. The second-order valence-corrected chi connectivity index (χ2v) is 3.74. The number of carbonyl (C=O) groups is 1. The number of hydrogen-bond donors (Lipinski definition) is 1. The van der Waals surface area contributed by atoms with Gasteiger partial charge in [0, 0.05) is 18.5 Å². The van der Waals surface area contributed by atoms with Crippen molar-refractivity contribution in [3.05, 3.63) is 42.2 Å². The van der Waals surface area contributed by atoms with Crippen molar-refractivity contribution in [2.45, 2.75) is 6.36 Å². The summed E-state index contributed by atoms with van der Waals surface area (Å²) in [5.41, 5.74) is 5.09. The minimum Gasteiger partial charge on any atom is -0.424 e. The normalized spacial score (nSPS) is 11.0. The van der Waals surface area contributed by atoms with Crippen LogP contribution in [0.15, 0.2) is 36.7 Å². The van der Waals surface area contributed by atoms with E-state index < -0.39 is 18.0 Å². The highest BCUT2D eigenvalue weighted by molar-refractivity contribution is 5.92. The summed E-state index contributed by atoms with van der Waals surface area (Å²) in [5, 5.41) is 0. The van der Waals surface area contributed by atoms with Crippen LogP contribution in [0.4, 0.5) is 13.2 Å². The molecule has 0 radical (unpaired) electrons. The van der Waals surface area contributed by atoms with Gasteiger partial charge in [0.05, 0.1) is 5.56 Å². The lowest BCUT2D eigenvalue weighted by Crippen LogP contribution is -2.17. The molecule has 0 unspecified atom stereocenters. The maximum atomic E-state index is 12.1. The Morgan fingerprint density at radius 2 is 1.76 bits per heavy atom. The fraction of sp³-hybridized carbons (Fsp3) is 0.0833. The summed E-state index contributed by atoms with van der Waals surface area (Å²) in [6, 6.07) is 4.71. The molecule has 0 aliphatic rings. The van der Waals surface area contributed by atoms with Crippen molar-refractivity contribution in [3.8, 4) is 17.5 Å². The summed E-state index contributed by atoms with van der Waals surface area (Å²) in [6.07, 6.45) is -2.51. The summed E-state index contributed by atoms with van der Waals surface area (Å²) in [6.45, 7) is 0. The van der Waals surface area contributed by atoms with Gasteiger partial charge in [-0.3, -0.25) is 4.79 Å². The van der Waals surface area contributed by atoms with Gasteiger partial charge in [0.1, 0.15) is 11.5 Å². The van der Waals surface area contributed by atoms with Crippen molar-refractivity contribution >= 4 is 5.91 Å². The highest BCUT2D eigenvalue weighted by Gasteiger charge is 2.31. The van der Waals surface area contributed by atoms with Crippen LogP contribution in [0.3, 0.4) is 0 Å². The van der Waals surface area contributed by atoms with Gasteiger partial charge >= 0.3 is 12.4 Å². The molecular formula is C12H8F3N3O3. The second kappa shape index (κ2) is 5.65. The van der Waals surface area contributed by atoms with Crippen molar-refractivity contribution < 1.29 is 27.4 Å². The molecule has 2 N–H and O–H groups in total. The Labute approximate surface area is 116 Å². The Morgan fingerprint density at radius 1 is 1.14 bits per heavy atom. The third kappa shape index (κ3) is 4.34. The van der Waals surface area contributed by atoms with Gasteiger partial charge in [-0.1, -0.05) is 6.07 Å². The highest BCUT2D eigenvalue weighted by atomic mass is 19.4. The van der Waals surface area contributed by atoms with Crippen LogP contribution in [-0.4, -0.2) is 22.2 Å². The van der Waals surface area contributed by atoms with Gasteiger partial charge in [-0.2, -0.15) is 0 Å². The van der Waals surface area contributed by atoms with Gasteiger partial charge < -0.3 is 15.2 Å². The van der Waals surface area contributed by atoms with Gasteiger partial charge in [0.15, 0.2) is 0 Å². The standard InChI is InChI=1S/C12H8F3N3O3/c13-12(14,15)21-9-3-1-2-8(4-9)20-11-17-5-7(6-18-11)10(16)19/h1-6H,(H2,16,19). The van der Waals surface area contributed by atoms with E-state index in [0.29, 0.717) is 0 Å². The number of amides is 1. The molecular weight excluding hydrogens is 291 g/mol. The minimum absolute atomic E-state index is 0.0450. The third-order valence-corrected chi connectivity index (χ3v) is 2.16. The van der Waals surface area contributed by atoms with Gasteiger partial charge in [-0.15, -0.1) is 13.2 Å². The van der Waals surface area contributed by atoms with Crippen molar-refractivity contribution in [1.29, 1.82) is 0 Å². The zero-order valence-corrected chi connectivity index (χ0v) is 10.3. The molecule has 0 aliphatic carbocycles. The summed E-state index contributed by atoms with van der Waals surface area (Å²) < 4.78 is 45.2. The summed E-state index contributed by atoms with van der Waals surface area (Å²) >= 11 is 0. The first-order chi connectivity index (χ1) is 9.83. The molecule has 21 heavy (non-hydrogen) atoms. The van der Waals surface area contributed by atoms with Crippen LogP contribution in [0, 0.1) is 0 Å². The van der Waals surface area contributed by atoms with E-state index >= 15 is 0 Å². The summed E-state index contributed by atoms with van der Waals surface area (Å²) in [7, 11) is 0. The number of carbonyl (C=O) groups excluding carboxylic acids is 1. The molecule has 0 spiro atoms. The first kappa shape index (κ1) is 14.6. The van der Waals surface area contributed by atoms with Gasteiger partial charge in [0.2, 0.25) is 0 Å². The van der Waals surface area contributed by atoms with Crippen LogP contribution in [-0.2, 0) is 0 Å². The number of halogens is 3. The number of aromatic nitrogens is 2. The SMILES string of the molecule is NC(=O)c1cnc(Oc2cccc(OC(F)(F)F)c2)nc1. The number of hydrogen-bond acceptors (Lipinski definition) is 5. The Hall–Kier alpha value is -2.84. The summed E-state index contributed by atoms with van der Waals surface area (Å²) in [4.78, 5) is 18.2. The zero-order valence-electron chi connectivity index (χ0n) is 10.3.